The molecule has 0 saturated carbocycles. The van der Waals surface area contributed by atoms with Crippen LogP contribution in [0.5, 0.6) is 6.01 Å². The first-order chi connectivity index (χ1) is 14.6. The van der Waals surface area contributed by atoms with E-state index in [1.807, 2.05) is 6.92 Å². The van der Waals surface area contributed by atoms with Crippen molar-refractivity contribution in [1.82, 2.24) is 14.3 Å². The summed E-state index contributed by atoms with van der Waals surface area (Å²) in [5, 5.41) is 1.01. The second-order valence-electron chi connectivity index (χ2n) is 7.18. The van der Waals surface area contributed by atoms with Crippen LogP contribution in [0.3, 0.4) is 0 Å². The molecule has 0 bridgehead atoms. The number of sulfonamides is 1. The Morgan fingerprint density at radius 3 is 2.61 bits per heavy atom. The zero-order chi connectivity index (χ0) is 22.8. The Bertz CT molecular complexity index is 1240. The first-order valence-corrected chi connectivity index (χ1v) is 12.1. The summed E-state index contributed by atoms with van der Waals surface area (Å²) in [5.74, 6) is -0.783. The average Bonchev–Trinajstić information content (AvgIpc) is 3.06. The zero-order valence-electron chi connectivity index (χ0n) is 17.4. The number of ether oxygens (including phenoxy) is 1. The van der Waals surface area contributed by atoms with Crippen LogP contribution in [0, 0.1) is 6.92 Å². The lowest BCUT2D eigenvalue weighted by Crippen LogP contribution is -2.32. The highest BCUT2D eigenvalue weighted by molar-refractivity contribution is 7.90. The van der Waals surface area contributed by atoms with E-state index in [9.17, 15) is 13.2 Å². The maximum absolute atomic E-state index is 12.7. The number of aromatic nitrogens is 2. The number of aryl methyl sites for hydroxylation is 1. The van der Waals surface area contributed by atoms with Gasteiger partial charge in [-0.15, -0.1) is 0 Å². The van der Waals surface area contributed by atoms with E-state index in [0.29, 0.717) is 52.0 Å². The first-order valence-electron chi connectivity index (χ1n) is 9.68. The van der Waals surface area contributed by atoms with Gasteiger partial charge in [-0.25, -0.2) is 13.1 Å². The molecule has 31 heavy (non-hydrogen) atoms. The van der Waals surface area contributed by atoms with Crippen LogP contribution in [-0.4, -0.2) is 36.7 Å². The lowest BCUT2D eigenvalue weighted by Gasteiger charge is -2.11. The molecule has 3 aromatic rings. The standard InChI is InChI=1S/C21H23Cl2N3O4S/c1-4-5-8-31(28,29)25-20(27)15-9-13(2)19-18(10-15)26(21(24-19)30-3)12-14-6-7-16(22)11-17(14)23/h6-7,9-11H,4-5,8,12H2,1-3H3,(H,25,27). The highest BCUT2D eigenvalue weighted by atomic mass is 35.5. The summed E-state index contributed by atoms with van der Waals surface area (Å²) in [6.45, 7) is 4.02. The number of nitrogens with zero attached hydrogens (tertiary/aromatic N) is 2. The fraction of sp³-hybridized carbons (Fsp3) is 0.333. The van der Waals surface area contributed by atoms with Crippen molar-refractivity contribution in [2.24, 2.45) is 0 Å². The van der Waals surface area contributed by atoms with Gasteiger partial charge in [-0.05, 0) is 48.7 Å². The number of carbonyl (C=O) groups is 1. The first kappa shape index (κ1) is 23.4. The van der Waals surface area contributed by atoms with E-state index in [2.05, 4.69) is 9.71 Å². The second-order valence-corrected chi connectivity index (χ2v) is 9.87. The number of unbranched alkanes of at least 4 members (excludes halogenated alkanes) is 1. The number of fused-ring (bicyclic) bond motifs is 1. The van der Waals surface area contributed by atoms with Crippen LogP contribution in [0.1, 0.15) is 41.3 Å². The molecule has 0 atom stereocenters. The molecule has 1 N–H and O–H groups in total. The molecule has 0 radical (unpaired) electrons. The molecule has 0 aliphatic heterocycles. The minimum absolute atomic E-state index is 0.0999. The molecule has 7 nitrogen and oxygen atoms in total. The maximum Gasteiger partial charge on any atom is 0.297 e. The van der Waals surface area contributed by atoms with Gasteiger partial charge in [0.25, 0.3) is 11.9 Å². The molecular weight excluding hydrogens is 461 g/mol. The second kappa shape index (κ2) is 9.46. The van der Waals surface area contributed by atoms with Crippen molar-refractivity contribution in [3.63, 3.8) is 0 Å². The van der Waals surface area contributed by atoms with Crippen molar-refractivity contribution < 1.29 is 17.9 Å². The van der Waals surface area contributed by atoms with Gasteiger partial charge in [-0.2, -0.15) is 4.98 Å². The topological polar surface area (TPSA) is 90.3 Å². The smallest absolute Gasteiger partial charge is 0.297 e. The molecular formula is C21H23Cl2N3O4S. The van der Waals surface area contributed by atoms with Crippen LogP contribution >= 0.6 is 23.2 Å². The third kappa shape index (κ3) is 5.31. The normalized spacial score (nSPS) is 11.6. The van der Waals surface area contributed by atoms with E-state index in [-0.39, 0.29) is 11.3 Å². The summed E-state index contributed by atoms with van der Waals surface area (Å²) in [5.41, 5.74) is 2.99. The molecule has 0 aliphatic rings. The van der Waals surface area contributed by atoms with E-state index in [0.717, 1.165) is 5.56 Å². The van der Waals surface area contributed by atoms with Gasteiger partial charge >= 0.3 is 0 Å². The molecule has 1 amide bonds. The van der Waals surface area contributed by atoms with E-state index in [1.165, 1.54) is 7.11 Å². The lowest BCUT2D eigenvalue weighted by atomic mass is 10.1. The summed E-state index contributed by atoms with van der Waals surface area (Å²) >= 11 is 12.3. The molecule has 0 fully saturated rings. The number of hydrogen-bond acceptors (Lipinski definition) is 5. The summed E-state index contributed by atoms with van der Waals surface area (Å²) in [6, 6.07) is 8.75. The number of carbonyl (C=O) groups excluding carboxylic acids is 1. The Kier molecular flexibility index (Phi) is 7.13. The lowest BCUT2D eigenvalue weighted by molar-refractivity contribution is 0.0981. The zero-order valence-corrected chi connectivity index (χ0v) is 19.7. The van der Waals surface area contributed by atoms with Gasteiger partial charge in [-0.1, -0.05) is 42.6 Å². The molecule has 1 aromatic heterocycles. The number of rotatable bonds is 8. The van der Waals surface area contributed by atoms with Crippen LogP contribution in [-0.2, 0) is 16.6 Å². The van der Waals surface area contributed by atoms with Crippen LogP contribution in [0.25, 0.3) is 11.0 Å². The van der Waals surface area contributed by atoms with Crippen molar-refractivity contribution >= 4 is 50.2 Å². The van der Waals surface area contributed by atoms with Crippen LogP contribution in [0.2, 0.25) is 10.0 Å². The number of benzene rings is 2. The van der Waals surface area contributed by atoms with Crippen molar-refractivity contribution in [3.8, 4) is 6.01 Å². The Hall–Kier alpha value is -2.29. The Balaban J connectivity index is 2.03. The molecule has 0 saturated heterocycles. The molecule has 1 heterocycles. The van der Waals surface area contributed by atoms with E-state index < -0.39 is 15.9 Å². The number of nitrogens with one attached hydrogen (secondary N) is 1. The summed E-state index contributed by atoms with van der Waals surface area (Å²) in [7, 11) is -2.20. The van der Waals surface area contributed by atoms with E-state index in [4.69, 9.17) is 27.9 Å². The highest BCUT2D eigenvalue weighted by Gasteiger charge is 2.20. The Morgan fingerprint density at radius 2 is 1.97 bits per heavy atom. The molecule has 0 spiro atoms. The average molecular weight is 484 g/mol. The molecule has 0 aliphatic carbocycles. The van der Waals surface area contributed by atoms with Gasteiger partial charge in [0.05, 0.1) is 30.4 Å². The summed E-state index contributed by atoms with van der Waals surface area (Å²) < 4.78 is 33.7. The third-order valence-corrected chi connectivity index (χ3v) is 6.72. The van der Waals surface area contributed by atoms with Crippen LogP contribution in [0.15, 0.2) is 30.3 Å². The molecule has 166 valence electrons. The molecule has 0 unspecified atom stereocenters. The fourth-order valence-electron chi connectivity index (χ4n) is 3.22. The molecule has 2 aromatic carbocycles. The van der Waals surface area contributed by atoms with Crippen LogP contribution in [0.4, 0.5) is 0 Å². The monoisotopic (exact) mass is 483 g/mol. The van der Waals surface area contributed by atoms with Crippen molar-refractivity contribution in [1.29, 1.82) is 0 Å². The number of hydrogen-bond donors (Lipinski definition) is 1. The van der Waals surface area contributed by atoms with Crippen molar-refractivity contribution in [2.75, 3.05) is 12.9 Å². The summed E-state index contributed by atoms with van der Waals surface area (Å²) in [4.78, 5) is 17.2. The van der Waals surface area contributed by atoms with Gasteiger partial charge in [-0.3, -0.25) is 9.36 Å². The maximum atomic E-state index is 12.7. The largest absolute Gasteiger partial charge is 0.468 e. The predicted octanol–water partition coefficient (Wildman–Crippen LogP) is 4.57. The van der Waals surface area contributed by atoms with Crippen molar-refractivity contribution in [3.05, 3.63) is 57.1 Å². The van der Waals surface area contributed by atoms with Gasteiger partial charge in [0.2, 0.25) is 10.0 Å². The van der Waals surface area contributed by atoms with E-state index >= 15 is 0 Å². The number of amides is 1. The Morgan fingerprint density at radius 1 is 1.23 bits per heavy atom. The van der Waals surface area contributed by atoms with E-state index in [1.54, 1.807) is 41.8 Å². The van der Waals surface area contributed by atoms with Gasteiger partial charge in [0, 0.05) is 15.6 Å². The predicted molar refractivity (Wildman–Crippen MR) is 123 cm³/mol. The van der Waals surface area contributed by atoms with Gasteiger partial charge in [0.15, 0.2) is 0 Å². The number of imidazole rings is 1. The summed E-state index contributed by atoms with van der Waals surface area (Å²) in [6.07, 6.45) is 1.19. The SMILES string of the molecule is CCCCS(=O)(=O)NC(=O)c1cc(C)c2nc(OC)n(Cc3ccc(Cl)cc3Cl)c2c1. The quantitative estimate of drug-likeness (QED) is 0.506. The minimum Gasteiger partial charge on any atom is -0.468 e. The number of methoxy groups -OCH3 is 1. The Labute approximate surface area is 191 Å². The fourth-order valence-corrected chi connectivity index (χ4v) is 4.86. The van der Waals surface area contributed by atoms with Crippen LogP contribution < -0.4 is 9.46 Å². The van der Waals surface area contributed by atoms with Gasteiger partial charge in [0.1, 0.15) is 0 Å². The highest BCUT2D eigenvalue weighted by Crippen LogP contribution is 2.29. The van der Waals surface area contributed by atoms with Crippen molar-refractivity contribution in [2.45, 2.75) is 33.2 Å². The van der Waals surface area contributed by atoms with Gasteiger partial charge < -0.3 is 4.74 Å². The molecule has 3 rings (SSSR count). The minimum atomic E-state index is -3.70. The number of halogens is 2. The molecule has 10 heteroatoms. The third-order valence-electron chi connectivity index (χ3n) is 4.81.